The second kappa shape index (κ2) is 5.70. The zero-order valence-corrected chi connectivity index (χ0v) is 11.9. The van der Waals surface area contributed by atoms with Gasteiger partial charge in [0.15, 0.2) is 0 Å². The molecule has 1 N–H and O–H groups in total. The van der Waals surface area contributed by atoms with Gasteiger partial charge in [0.1, 0.15) is 0 Å². The van der Waals surface area contributed by atoms with Gasteiger partial charge in [-0.05, 0) is 44.5 Å². The average molecular weight is 281 g/mol. The first kappa shape index (κ1) is 13.2. The molecule has 0 aromatic heterocycles. The van der Waals surface area contributed by atoms with Crippen molar-refractivity contribution in [2.45, 2.75) is 31.9 Å². The molecule has 2 aliphatic rings. The number of hydrogen-bond acceptors (Lipinski definition) is 3. The van der Waals surface area contributed by atoms with Crippen molar-refractivity contribution in [3.63, 3.8) is 0 Å². The summed E-state index contributed by atoms with van der Waals surface area (Å²) in [5, 5.41) is 10.2. The van der Waals surface area contributed by atoms with E-state index in [4.69, 9.17) is 11.6 Å². The van der Waals surface area contributed by atoms with Crippen molar-refractivity contribution >= 4 is 17.3 Å². The molecule has 19 heavy (non-hydrogen) atoms. The van der Waals surface area contributed by atoms with E-state index in [-0.39, 0.29) is 6.61 Å². The van der Waals surface area contributed by atoms with E-state index in [0.29, 0.717) is 6.04 Å². The highest BCUT2D eigenvalue weighted by Crippen LogP contribution is 2.30. The number of hydrogen-bond donors (Lipinski definition) is 1. The van der Waals surface area contributed by atoms with Gasteiger partial charge in [0.05, 0.1) is 6.61 Å². The molecule has 1 atom stereocenters. The molecule has 0 aliphatic carbocycles. The third-order valence-corrected chi connectivity index (χ3v) is 4.61. The zero-order valence-electron chi connectivity index (χ0n) is 11.2. The van der Waals surface area contributed by atoms with Crippen molar-refractivity contribution in [1.82, 2.24) is 4.90 Å². The number of aliphatic hydroxyl groups excluding tert-OH is 1. The lowest BCUT2D eigenvalue weighted by atomic mass is 10.1. The Balaban J connectivity index is 1.75. The highest BCUT2D eigenvalue weighted by Gasteiger charge is 2.30. The van der Waals surface area contributed by atoms with E-state index in [2.05, 4.69) is 9.80 Å². The van der Waals surface area contributed by atoms with E-state index in [1.54, 1.807) is 0 Å². The molecule has 0 saturated carbocycles. The van der Waals surface area contributed by atoms with E-state index in [0.717, 1.165) is 29.4 Å². The maximum absolute atomic E-state index is 9.47. The molecule has 2 saturated heterocycles. The van der Waals surface area contributed by atoms with Crippen LogP contribution in [0, 0.1) is 0 Å². The van der Waals surface area contributed by atoms with Gasteiger partial charge < -0.3 is 10.0 Å². The van der Waals surface area contributed by atoms with Gasteiger partial charge in [0.2, 0.25) is 0 Å². The number of nitrogens with zero attached hydrogens (tertiary/aromatic N) is 2. The van der Waals surface area contributed by atoms with Crippen molar-refractivity contribution in [2.75, 3.05) is 31.1 Å². The summed E-state index contributed by atoms with van der Waals surface area (Å²) in [4.78, 5) is 4.99. The fraction of sp³-hybridized carbons (Fsp3) is 0.600. The van der Waals surface area contributed by atoms with Crippen LogP contribution >= 0.6 is 11.6 Å². The Kier molecular flexibility index (Phi) is 3.96. The summed E-state index contributed by atoms with van der Waals surface area (Å²) in [6, 6.07) is 6.44. The summed E-state index contributed by atoms with van der Waals surface area (Å²) in [6.45, 7) is 4.71. The molecule has 1 unspecified atom stereocenters. The Morgan fingerprint density at radius 1 is 1.21 bits per heavy atom. The minimum absolute atomic E-state index is 0.0807. The fourth-order valence-electron chi connectivity index (χ4n) is 3.33. The van der Waals surface area contributed by atoms with Crippen LogP contribution in [-0.2, 0) is 6.61 Å². The minimum Gasteiger partial charge on any atom is -0.392 e. The molecular formula is C15H21ClN2O. The topological polar surface area (TPSA) is 26.7 Å². The third kappa shape index (κ3) is 2.73. The maximum Gasteiger partial charge on any atom is 0.0702 e. The molecule has 4 heteroatoms. The third-order valence-electron chi connectivity index (χ3n) is 4.38. The molecule has 0 spiro atoms. The molecule has 2 fully saturated rings. The van der Waals surface area contributed by atoms with Crippen LogP contribution in [0.15, 0.2) is 18.2 Å². The molecule has 1 aromatic carbocycles. The summed E-state index contributed by atoms with van der Waals surface area (Å²) in [6.07, 6.45) is 3.91. The van der Waals surface area contributed by atoms with E-state index in [1.807, 2.05) is 18.2 Å². The SMILES string of the molecule is OCc1ccc(Cl)cc1N1CCC(N2CCCC2)C1. The molecule has 1 aromatic rings. The van der Waals surface area contributed by atoms with E-state index in [9.17, 15) is 5.11 Å². The Labute approximate surface area is 119 Å². The number of halogens is 1. The zero-order chi connectivity index (χ0) is 13.2. The van der Waals surface area contributed by atoms with Gasteiger partial charge in [-0.1, -0.05) is 17.7 Å². The molecule has 2 heterocycles. The van der Waals surface area contributed by atoms with E-state index in [1.165, 1.54) is 32.4 Å². The number of aliphatic hydroxyl groups is 1. The van der Waals surface area contributed by atoms with Crippen molar-refractivity contribution in [3.8, 4) is 0 Å². The van der Waals surface area contributed by atoms with Gasteiger partial charge in [-0.3, -0.25) is 4.90 Å². The highest BCUT2D eigenvalue weighted by atomic mass is 35.5. The first-order chi connectivity index (χ1) is 9.28. The standard InChI is InChI=1S/C15H21ClN2O/c16-13-4-3-12(11-19)15(9-13)18-8-5-14(10-18)17-6-1-2-7-17/h3-4,9,14,19H,1-2,5-8,10-11H2. The van der Waals surface area contributed by atoms with Crippen LogP contribution in [0.25, 0.3) is 0 Å². The lowest BCUT2D eigenvalue weighted by Gasteiger charge is -2.25. The molecule has 3 rings (SSSR count). The average Bonchev–Trinajstić information content (AvgIpc) is 3.09. The molecule has 3 nitrogen and oxygen atoms in total. The monoisotopic (exact) mass is 280 g/mol. The first-order valence-corrected chi connectivity index (χ1v) is 7.54. The van der Waals surface area contributed by atoms with Crippen molar-refractivity contribution in [3.05, 3.63) is 28.8 Å². The second-order valence-electron chi connectivity index (χ2n) is 5.56. The van der Waals surface area contributed by atoms with Crippen LogP contribution in [0.1, 0.15) is 24.8 Å². The van der Waals surface area contributed by atoms with E-state index < -0.39 is 0 Å². The summed E-state index contributed by atoms with van der Waals surface area (Å²) in [5.74, 6) is 0. The van der Waals surface area contributed by atoms with Crippen LogP contribution in [-0.4, -0.2) is 42.2 Å². The maximum atomic E-state index is 9.47. The molecular weight excluding hydrogens is 260 g/mol. The Morgan fingerprint density at radius 3 is 2.74 bits per heavy atom. The molecule has 0 bridgehead atoms. The van der Waals surface area contributed by atoms with Gasteiger partial charge in [-0.2, -0.15) is 0 Å². The van der Waals surface area contributed by atoms with Gasteiger partial charge in [0, 0.05) is 35.4 Å². The van der Waals surface area contributed by atoms with Gasteiger partial charge in [-0.15, -0.1) is 0 Å². The molecule has 0 radical (unpaired) electrons. The molecule has 104 valence electrons. The lowest BCUT2D eigenvalue weighted by Crippen LogP contribution is -2.35. The molecule has 0 amide bonds. The van der Waals surface area contributed by atoms with Crippen LogP contribution in [0.3, 0.4) is 0 Å². The van der Waals surface area contributed by atoms with Gasteiger partial charge in [0.25, 0.3) is 0 Å². The van der Waals surface area contributed by atoms with Crippen molar-refractivity contribution < 1.29 is 5.11 Å². The number of likely N-dealkylation sites (tertiary alicyclic amines) is 1. The largest absolute Gasteiger partial charge is 0.392 e. The van der Waals surface area contributed by atoms with Crippen molar-refractivity contribution in [2.24, 2.45) is 0 Å². The van der Waals surface area contributed by atoms with Crippen molar-refractivity contribution in [1.29, 1.82) is 0 Å². The van der Waals surface area contributed by atoms with Crippen LogP contribution in [0.2, 0.25) is 5.02 Å². The smallest absolute Gasteiger partial charge is 0.0702 e. The number of rotatable bonds is 3. The predicted octanol–water partition coefficient (Wildman–Crippen LogP) is 2.51. The quantitative estimate of drug-likeness (QED) is 0.922. The Hall–Kier alpha value is -0.770. The second-order valence-corrected chi connectivity index (χ2v) is 6.00. The van der Waals surface area contributed by atoms with Crippen LogP contribution in [0.5, 0.6) is 0 Å². The predicted molar refractivity (Wildman–Crippen MR) is 78.8 cm³/mol. The molecule has 2 aliphatic heterocycles. The normalized spacial score (nSPS) is 24.3. The Morgan fingerprint density at radius 2 is 2.00 bits per heavy atom. The number of benzene rings is 1. The van der Waals surface area contributed by atoms with Gasteiger partial charge >= 0.3 is 0 Å². The summed E-state index contributed by atoms with van der Waals surface area (Å²) < 4.78 is 0. The van der Waals surface area contributed by atoms with Gasteiger partial charge in [-0.25, -0.2) is 0 Å². The minimum atomic E-state index is 0.0807. The first-order valence-electron chi connectivity index (χ1n) is 7.16. The van der Waals surface area contributed by atoms with Crippen LogP contribution in [0.4, 0.5) is 5.69 Å². The summed E-state index contributed by atoms with van der Waals surface area (Å²) in [5.41, 5.74) is 2.09. The summed E-state index contributed by atoms with van der Waals surface area (Å²) in [7, 11) is 0. The van der Waals surface area contributed by atoms with Crippen LogP contribution < -0.4 is 4.90 Å². The lowest BCUT2D eigenvalue weighted by molar-refractivity contribution is 0.260. The highest BCUT2D eigenvalue weighted by molar-refractivity contribution is 6.30. The fourth-order valence-corrected chi connectivity index (χ4v) is 3.50. The summed E-state index contributed by atoms with van der Waals surface area (Å²) >= 11 is 6.10. The number of anilines is 1. The van der Waals surface area contributed by atoms with E-state index >= 15 is 0 Å². The Bertz CT molecular complexity index is 446.